The van der Waals surface area contributed by atoms with E-state index in [0.29, 0.717) is 23.9 Å². The molecule has 0 heterocycles. The number of hydrogen-bond acceptors (Lipinski definition) is 6. The van der Waals surface area contributed by atoms with Gasteiger partial charge in [-0.2, -0.15) is 17.2 Å². The molecule has 0 aromatic heterocycles. The molecule has 7 nitrogen and oxygen atoms in total. The monoisotopic (exact) mass is 612 g/mol. The van der Waals surface area contributed by atoms with Gasteiger partial charge in [0.15, 0.2) is 0 Å². The van der Waals surface area contributed by atoms with Gasteiger partial charge in [-0.15, -0.1) is 0 Å². The van der Waals surface area contributed by atoms with Crippen LogP contribution in [0.2, 0.25) is 0 Å². The first kappa shape index (κ1) is 25.2. The highest BCUT2D eigenvalue weighted by Crippen LogP contribution is 2.22. The predicted molar refractivity (Wildman–Crippen MR) is 103 cm³/mol. The maximum atomic E-state index is 12.9. The normalized spacial score (nSPS) is 13.3. The number of carbonyl (C=O) groups excluding carboxylic acids is 2. The van der Waals surface area contributed by atoms with Crippen LogP contribution in [0.5, 0.6) is 0 Å². The lowest BCUT2D eigenvalue weighted by Crippen LogP contribution is -2.39. The molecule has 0 radical (unpaired) electrons. The number of esters is 2. The van der Waals surface area contributed by atoms with Crippen molar-refractivity contribution in [3.8, 4) is 0 Å². The van der Waals surface area contributed by atoms with Crippen LogP contribution in [-0.2, 0) is 29.2 Å². The Balaban J connectivity index is 3.63. The molecule has 0 fully saturated rings. The van der Waals surface area contributed by atoms with Crippen molar-refractivity contribution in [2.45, 2.75) is 47.7 Å². The SMILES string of the molecule is O=C(OCCCCCCCCOC(=O)C(F)(F)S(=O)(=O)O)C(I)CI. The largest absolute Gasteiger partial charge is 0.465 e. The van der Waals surface area contributed by atoms with Gasteiger partial charge in [-0.25, -0.2) is 4.79 Å². The molecule has 0 aromatic rings. The predicted octanol–water partition coefficient (Wildman–Crippen LogP) is 3.13. The van der Waals surface area contributed by atoms with Gasteiger partial charge in [-0.3, -0.25) is 9.35 Å². The Morgan fingerprint density at radius 2 is 1.44 bits per heavy atom. The van der Waals surface area contributed by atoms with Crippen LogP contribution in [0.25, 0.3) is 0 Å². The highest BCUT2D eigenvalue weighted by molar-refractivity contribution is 14.1. The van der Waals surface area contributed by atoms with Crippen molar-refractivity contribution >= 4 is 67.2 Å². The molecule has 0 bridgehead atoms. The van der Waals surface area contributed by atoms with Crippen LogP contribution < -0.4 is 0 Å². The Morgan fingerprint density at radius 1 is 1.00 bits per heavy atom. The zero-order valence-corrected chi connectivity index (χ0v) is 18.4. The molecule has 0 saturated carbocycles. The van der Waals surface area contributed by atoms with Crippen molar-refractivity contribution in [2.75, 3.05) is 17.6 Å². The minimum atomic E-state index is -5.82. The number of unbranched alkanes of at least 4 members (excludes halogenated alkanes) is 5. The summed E-state index contributed by atoms with van der Waals surface area (Å²) in [5.74, 6) is -2.50. The number of rotatable bonds is 13. The van der Waals surface area contributed by atoms with Crippen molar-refractivity contribution < 1.29 is 40.8 Å². The molecule has 0 aliphatic carbocycles. The minimum absolute atomic E-state index is 0.144. The van der Waals surface area contributed by atoms with Crippen molar-refractivity contribution in [3.63, 3.8) is 0 Å². The van der Waals surface area contributed by atoms with Gasteiger partial charge in [0.1, 0.15) is 3.92 Å². The summed E-state index contributed by atoms with van der Waals surface area (Å²) < 4.78 is 64.4. The summed E-state index contributed by atoms with van der Waals surface area (Å²) in [6.45, 7) is 0.00616. The third-order valence-corrected chi connectivity index (χ3v) is 7.30. The summed E-state index contributed by atoms with van der Waals surface area (Å²) >= 11 is 4.13. The molecule has 0 rings (SSSR count). The van der Waals surface area contributed by atoms with Crippen LogP contribution in [0.15, 0.2) is 0 Å². The second-order valence-electron chi connectivity index (χ2n) is 5.04. The summed E-state index contributed by atoms with van der Waals surface area (Å²) in [5.41, 5.74) is 0. The molecule has 1 atom stereocenters. The Kier molecular flexibility index (Phi) is 12.6. The lowest BCUT2D eigenvalue weighted by molar-refractivity contribution is -0.161. The van der Waals surface area contributed by atoms with Gasteiger partial charge in [0.2, 0.25) is 0 Å². The van der Waals surface area contributed by atoms with Gasteiger partial charge in [0, 0.05) is 4.43 Å². The summed E-state index contributed by atoms with van der Waals surface area (Å²) in [5, 5.41) is -4.95. The standard InChI is InChI=1S/C13H20F2I2O7S/c14-13(15,25(20,21)22)12(19)24-8-6-4-2-1-3-5-7-23-11(18)10(17)9-16/h10H,1-9H2,(H,20,21,22). The lowest BCUT2D eigenvalue weighted by atomic mass is 10.1. The second-order valence-corrected chi connectivity index (χ2v) is 8.89. The smallest absolute Gasteiger partial charge is 0.465 e. The molecule has 0 amide bonds. The van der Waals surface area contributed by atoms with Crippen LogP contribution in [0.1, 0.15) is 38.5 Å². The van der Waals surface area contributed by atoms with E-state index in [1.165, 1.54) is 0 Å². The highest BCUT2D eigenvalue weighted by atomic mass is 127. The fourth-order valence-electron chi connectivity index (χ4n) is 1.59. The van der Waals surface area contributed by atoms with E-state index in [2.05, 4.69) is 27.3 Å². The number of carbonyl (C=O) groups is 2. The lowest BCUT2D eigenvalue weighted by Gasteiger charge is -2.11. The molecule has 0 aliphatic rings. The van der Waals surface area contributed by atoms with Crippen LogP contribution in [-0.4, -0.2) is 51.7 Å². The average Bonchev–Trinajstić information content (AvgIpc) is 2.53. The highest BCUT2D eigenvalue weighted by Gasteiger charge is 2.54. The fourth-order valence-corrected chi connectivity index (χ4v) is 2.40. The van der Waals surface area contributed by atoms with E-state index in [0.717, 1.165) is 25.7 Å². The Morgan fingerprint density at radius 3 is 1.88 bits per heavy atom. The van der Waals surface area contributed by atoms with Crippen LogP contribution in [0, 0.1) is 0 Å². The molecule has 1 N–H and O–H groups in total. The zero-order valence-electron chi connectivity index (χ0n) is 13.3. The number of ether oxygens (including phenoxy) is 2. The van der Waals surface area contributed by atoms with Crippen molar-refractivity contribution in [2.24, 2.45) is 0 Å². The molecule has 1 unspecified atom stereocenters. The van der Waals surface area contributed by atoms with Crippen LogP contribution >= 0.6 is 45.2 Å². The molecule has 0 spiro atoms. The maximum Gasteiger partial charge on any atom is 0.465 e. The zero-order chi connectivity index (χ0) is 19.5. The molecule has 0 aliphatic heterocycles. The van der Waals surface area contributed by atoms with E-state index in [1.54, 1.807) is 0 Å². The van der Waals surface area contributed by atoms with E-state index in [1.807, 2.05) is 22.6 Å². The maximum absolute atomic E-state index is 12.9. The van der Waals surface area contributed by atoms with Crippen molar-refractivity contribution in [1.29, 1.82) is 0 Å². The fraction of sp³-hybridized carbons (Fsp3) is 0.846. The van der Waals surface area contributed by atoms with Gasteiger partial charge in [-0.1, -0.05) is 70.9 Å². The van der Waals surface area contributed by atoms with Gasteiger partial charge >= 0.3 is 27.3 Å². The van der Waals surface area contributed by atoms with Crippen molar-refractivity contribution in [3.05, 3.63) is 0 Å². The van der Waals surface area contributed by atoms with Gasteiger partial charge < -0.3 is 9.47 Å². The van der Waals surface area contributed by atoms with Crippen LogP contribution in [0.4, 0.5) is 8.78 Å². The summed E-state index contributed by atoms with van der Waals surface area (Å²) in [6.07, 6.45) is 4.08. The second kappa shape index (κ2) is 12.5. The molecule has 0 aromatic carbocycles. The van der Waals surface area contributed by atoms with E-state index >= 15 is 0 Å². The quantitative estimate of drug-likeness (QED) is 0.112. The van der Waals surface area contributed by atoms with E-state index < -0.39 is 21.3 Å². The minimum Gasteiger partial charge on any atom is -0.465 e. The van der Waals surface area contributed by atoms with E-state index in [4.69, 9.17) is 9.29 Å². The number of halogens is 4. The molecule has 25 heavy (non-hydrogen) atoms. The summed E-state index contributed by atoms with van der Waals surface area (Å²) in [6, 6.07) is 0. The Labute approximate surface area is 172 Å². The molecular formula is C13H20F2I2O7S. The first-order chi connectivity index (χ1) is 11.5. The van der Waals surface area contributed by atoms with Crippen LogP contribution in [0.3, 0.4) is 0 Å². The molecule has 12 heteroatoms. The van der Waals surface area contributed by atoms with E-state index in [9.17, 15) is 26.8 Å². The molecule has 148 valence electrons. The van der Waals surface area contributed by atoms with E-state index in [-0.39, 0.29) is 16.5 Å². The first-order valence-electron chi connectivity index (χ1n) is 7.42. The van der Waals surface area contributed by atoms with Crippen molar-refractivity contribution in [1.82, 2.24) is 0 Å². The van der Waals surface area contributed by atoms with Gasteiger partial charge in [-0.05, 0) is 12.8 Å². The molecule has 0 saturated heterocycles. The van der Waals surface area contributed by atoms with Gasteiger partial charge in [0.25, 0.3) is 0 Å². The Hall–Kier alpha value is 0.170. The first-order valence-corrected chi connectivity index (χ1v) is 11.6. The molecular weight excluding hydrogens is 592 g/mol. The number of hydrogen-bond donors (Lipinski definition) is 1. The number of alkyl halides is 4. The Bertz CT molecular complexity index is 528. The summed E-state index contributed by atoms with van der Waals surface area (Å²) in [7, 11) is -5.82. The van der Waals surface area contributed by atoms with Gasteiger partial charge in [0.05, 0.1) is 13.2 Å². The third kappa shape index (κ3) is 10.2. The average molecular weight is 612 g/mol. The third-order valence-electron chi connectivity index (χ3n) is 2.97. The topological polar surface area (TPSA) is 107 Å². The summed E-state index contributed by atoms with van der Waals surface area (Å²) in [4.78, 5) is 22.3.